The summed E-state index contributed by atoms with van der Waals surface area (Å²) < 4.78 is 24.1. The Morgan fingerprint density at radius 1 is 1.31 bits per heavy atom. The number of sulfone groups is 1. The summed E-state index contributed by atoms with van der Waals surface area (Å²) in [5.74, 6) is 0.311. The van der Waals surface area contributed by atoms with Crippen LogP contribution in [0.25, 0.3) is 0 Å². The average Bonchev–Trinajstić information content (AvgIpc) is 2.16. The lowest BCUT2D eigenvalue weighted by Crippen LogP contribution is -2.21. The van der Waals surface area contributed by atoms with Gasteiger partial charge in [-0.25, -0.2) is 18.4 Å². The molecule has 0 saturated heterocycles. The molecule has 0 radical (unpaired) electrons. The molecule has 0 aliphatic heterocycles. The van der Waals surface area contributed by atoms with Crippen molar-refractivity contribution < 1.29 is 8.42 Å². The summed E-state index contributed by atoms with van der Waals surface area (Å²) >= 11 is 5.55. The Bertz CT molecular complexity index is 453. The molecule has 0 fully saturated rings. The topological polar surface area (TPSA) is 59.9 Å². The number of nitrogens with zero attached hydrogens (tertiary/aromatic N) is 2. The van der Waals surface area contributed by atoms with Gasteiger partial charge < -0.3 is 0 Å². The highest BCUT2D eigenvalue weighted by Gasteiger charge is 2.26. The SMILES string of the molecule is Cc1cc(C)nc(S(=O)(=O)C(C)CCCl)n1. The number of halogens is 1. The Kier molecular flexibility index (Phi) is 4.27. The lowest BCUT2D eigenvalue weighted by Gasteiger charge is -2.10. The van der Waals surface area contributed by atoms with Gasteiger partial charge in [0, 0.05) is 17.3 Å². The first-order valence-electron chi connectivity index (χ1n) is 5.00. The van der Waals surface area contributed by atoms with Crippen molar-refractivity contribution >= 4 is 21.4 Å². The van der Waals surface area contributed by atoms with Crippen molar-refractivity contribution in [3.63, 3.8) is 0 Å². The van der Waals surface area contributed by atoms with Gasteiger partial charge in [0.25, 0.3) is 0 Å². The summed E-state index contributed by atoms with van der Waals surface area (Å²) in [6.07, 6.45) is 0.403. The fraction of sp³-hybridized carbons (Fsp3) is 0.600. The zero-order valence-corrected chi connectivity index (χ0v) is 11.1. The van der Waals surface area contributed by atoms with Crippen LogP contribution >= 0.6 is 11.6 Å². The molecule has 1 atom stereocenters. The molecule has 4 nitrogen and oxygen atoms in total. The highest BCUT2D eigenvalue weighted by atomic mass is 35.5. The number of hydrogen-bond donors (Lipinski definition) is 0. The third-order valence-corrected chi connectivity index (χ3v) is 4.47. The summed E-state index contributed by atoms with van der Waals surface area (Å²) in [5.41, 5.74) is 1.31. The predicted molar refractivity (Wildman–Crippen MR) is 63.5 cm³/mol. The van der Waals surface area contributed by atoms with Crippen molar-refractivity contribution in [2.24, 2.45) is 0 Å². The van der Waals surface area contributed by atoms with E-state index in [2.05, 4.69) is 9.97 Å². The maximum atomic E-state index is 12.0. The molecular weight excluding hydrogens is 248 g/mol. The normalized spacial score (nSPS) is 13.8. The Morgan fingerprint density at radius 2 is 1.81 bits per heavy atom. The van der Waals surface area contributed by atoms with Crippen LogP contribution in [0.2, 0.25) is 0 Å². The van der Waals surface area contributed by atoms with Gasteiger partial charge in [0.05, 0.1) is 5.25 Å². The van der Waals surface area contributed by atoms with Crippen molar-refractivity contribution in [2.75, 3.05) is 5.88 Å². The minimum atomic E-state index is -3.45. The first-order valence-corrected chi connectivity index (χ1v) is 7.08. The third kappa shape index (κ3) is 2.92. The van der Waals surface area contributed by atoms with E-state index in [4.69, 9.17) is 11.6 Å². The van der Waals surface area contributed by atoms with E-state index in [0.717, 1.165) is 0 Å². The molecule has 0 aliphatic carbocycles. The molecule has 0 spiro atoms. The average molecular weight is 263 g/mol. The Balaban J connectivity index is 3.16. The zero-order valence-electron chi connectivity index (χ0n) is 9.57. The molecule has 16 heavy (non-hydrogen) atoms. The Labute approximate surface area is 101 Å². The van der Waals surface area contributed by atoms with Crippen molar-refractivity contribution in [3.05, 3.63) is 17.5 Å². The molecule has 0 saturated carbocycles. The highest BCUT2D eigenvalue weighted by Crippen LogP contribution is 2.15. The molecule has 1 aromatic heterocycles. The van der Waals surface area contributed by atoms with Gasteiger partial charge >= 0.3 is 0 Å². The molecule has 1 aromatic rings. The van der Waals surface area contributed by atoms with Crippen LogP contribution in [0, 0.1) is 13.8 Å². The first-order chi connectivity index (χ1) is 7.37. The molecular formula is C10H15ClN2O2S. The maximum absolute atomic E-state index is 12.0. The summed E-state index contributed by atoms with van der Waals surface area (Å²) in [5, 5.41) is -0.645. The molecule has 1 heterocycles. The molecule has 0 aliphatic rings. The van der Waals surface area contributed by atoms with Crippen molar-refractivity contribution in [3.8, 4) is 0 Å². The molecule has 1 unspecified atom stereocenters. The highest BCUT2D eigenvalue weighted by molar-refractivity contribution is 7.91. The van der Waals surface area contributed by atoms with Crippen LogP contribution in [-0.2, 0) is 9.84 Å². The monoisotopic (exact) mass is 262 g/mol. The Morgan fingerprint density at radius 3 is 2.25 bits per heavy atom. The van der Waals surface area contributed by atoms with Crippen LogP contribution in [0.1, 0.15) is 24.7 Å². The summed E-state index contributed by atoms with van der Waals surface area (Å²) in [6.45, 7) is 5.12. The number of aryl methyl sites for hydroxylation is 2. The van der Waals surface area contributed by atoms with Crippen LogP contribution in [0.5, 0.6) is 0 Å². The van der Waals surface area contributed by atoms with Gasteiger partial charge in [-0.1, -0.05) is 0 Å². The second kappa shape index (κ2) is 5.10. The van der Waals surface area contributed by atoms with Gasteiger partial charge in [-0.05, 0) is 33.3 Å². The number of hydrogen-bond acceptors (Lipinski definition) is 4. The van der Waals surface area contributed by atoms with Gasteiger partial charge in [-0.2, -0.15) is 0 Å². The Hall–Kier alpha value is -0.680. The number of rotatable bonds is 4. The number of aromatic nitrogens is 2. The summed E-state index contributed by atoms with van der Waals surface area (Å²) in [6, 6.07) is 1.74. The van der Waals surface area contributed by atoms with Gasteiger partial charge in [0.2, 0.25) is 15.0 Å². The van der Waals surface area contributed by atoms with Crippen LogP contribution < -0.4 is 0 Å². The second-order valence-corrected chi connectivity index (χ2v) is 6.40. The minimum Gasteiger partial charge on any atom is -0.224 e. The van der Waals surface area contributed by atoms with E-state index >= 15 is 0 Å². The van der Waals surface area contributed by atoms with Crippen molar-refractivity contribution in [1.29, 1.82) is 0 Å². The van der Waals surface area contributed by atoms with Gasteiger partial charge in [0.1, 0.15) is 0 Å². The van der Waals surface area contributed by atoms with Gasteiger partial charge in [-0.15, -0.1) is 11.6 Å². The van der Waals surface area contributed by atoms with E-state index in [1.54, 1.807) is 26.8 Å². The fourth-order valence-corrected chi connectivity index (χ4v) is 3.10. The largest absolute Gasteiger partial charge is 0.247 e. The van der Waals surface area contributed by atoms with Crippen LogP contribution in [0.4, 0.5) is 0 Å². The quantitative estimate of drug-likeness (QED) is 0.614. The lowest BCUT2D eigenvalue weighted by atomic mass is 10.4. The zero-order chi connectivity index (χ0) is 12.3. The van der Waals surface area contributed by atoms with E-state index in [9.17, 15) is 8.42 Å². The molecule has 1 rings (SSSR count). The van der Waals surface area contributed by atoms with Crippen molar-refractivity contribution in [1.82, 2.24) is 9.97 Å². The van der Waals surface area contributed by atoms with Gasteiger partial charge in [0.15, 0.2) is 0 Å². The molecule has 0 amide bonds. The maximum Gasteiger partial charge on any atom is 0.247 e. The van der Waals surface area contributed by atoms with Gasteiger partial charge in [-0.3, -0.25) is 0 Å². The van der Waals surface area contributed by atoms with E-state index < -0.39 is 15.1 Å². The molecule has 0 N–H and O–H groups in total. The van der Waals surface area contributed by atoms with E-state index in [0.29, 0.717) is 23.7 Å². The summed E-state index contributed by atoms with van der Waals surface area (Å²) in [4.78, 5) is 7.93. The number of alkyl halides is 1. The minimum absolute atomic E-state index is 0.0948. The predicted octanol–water partition coefficient (Wildman–Crippen LogP) is 1.88. The van der Waals surface area contributed by atoms with E-state index in [1.807, 2.05) is 0 Å². The third-order valence-electron chi connectivity index (χ3n) is 2.26. The standard InChI is InChI=1S/C10H15ClN2O2S/c1-7-6-8(2)13-10(12-7)16(14,15)9(3)4-5-11/h6,9H,4-5H2,1-3H3. The fourth-order valence-electron chi connectivity index (χ4n) is 1.31. The molecule has 6 heteroatoms. The molecule has 0 bridgehead atoms. The first kappa shape index (κ1) is 13.4. The van der Waals surface area contributed by atoms with Crippen LogP contribution in [-0.4, -0.2) is 29.5 Å². The van der Waals surface area contributed by atoms with Crippen LogP contribution in [0.3, 0.4) is 0 Å². The second-order valence-electron chi connectivity index (χ2n) is 3.77. The molecule has 90 valence electrons. The van der Waals surface area contributed by atoms with Crippen molar-refractivity contribution in [2.45, 2.75) is 37.6 Å². The van der Waals surface area contributed by atoms with E-state index in [-0.39, 0.29) is 5.16 Å². The van der Waals surface area contributed by atoms with E-state index in [1.165, 1.54) is 0 Å². The molecule has 0 aromatic carbocycles. The lowest BCUT2D eigenvalue weighted by molar-refractivity contribution is 0.570. The summed E-state index contributed by atoms with van der Waals surface area (Å²) in [7, 11) is -3.45. The van der Waals surface area contributed by atoms with Crippen LogP contribution in [0.15, 0.2) is 11.2 Å². The smallest absolute Gasteiger partial charge is 0.224 e.